The molecule has 1 saturated heterocycles. The Morgan fingerprint density at radius 3 is 2.57 bits per heavy atom. The van der Waals surface area contributed by atoms with Gasteiger partial charge in [-0.25, -0.2) is 8.42 Å². The molecule has 30 heavy (non-hydrogen) atoms. The molecule has 1 aliphatic rings. The average Bonchev–Trinajstić information content (AvgIpc) is 3.19. The molecule has 1 aliphatic heterocycles. The lowest BCUT2D eigenvalue weighted by atomic mass is 10.2. The lowest BCUT2D eigenvalue weighted by Crippen LogP contribution is -2.53. The Bertz CT molecular complexity index is 719. The predicted octanol–water partition coefficient (Wildman–Crippen LogP) is 1.83. The third-order valence-corrected chi connectivity index (χ3v) is 6.96. The first kappa shape index (κ1) is 27.1. The molecule has 174 valence electrons. The third-order valence-electron chi connectivity index (χ3n) is 5.15. The van der Waals surface area contributed by atoms with E-state index < -0.39 is 10.0 Å². The molecule has 0 radical (unpaired) electrons. The molecule has 2 rings (SSSR count). The number of nitrogens with zero attached hydrogens (tertiary/aromatic N) is 5. The van der Waals surface area contributed by atoms with Gasteiger partial charge in [0.1, 0.15) is 12.0 Å². The van der Waals surface area contributed by atoms with Crippen LogP contribution in [0.25, 0.3) is 0 Å². The maximum absolute atomic E-state index is 12.6. The number of piperazine rings is 1. The largest absolute Gasteiger partial charge is 0.364 e. The van der Waals surface area contributed by atoms with Crippen molar-refractivity contribution < 1.29 is 12.9 Å². The highest BCUT2D eigenvalue weighted by atomic mass is 127. The number of hydrogen-bond donors (Lipinski definition) is 1. The van der Waals surface area contributed by atoms with Gasteiger partial charge < -0.3 is 19.6 Å². The zero-order valence-corrected chi connectivity index (χ0v) is 21.7. The molecule has 0 unspecified atom stereocenters. The Kier molecular flexibility index (Phi) is 12.2. The van der Waals surface area contributed by atoms with Crippen LogP contribution in [0.5, 0.6) is 0 Å². The summed E-state index contributed by atoms with van der Waals surface area (Å²) in [5.41, 5.74) is 0.436. The fraction of sp³-hybridized carbons (Fsp3) is 0.789. The van der Waals surface area contributed by atoms with E-state index in [2.05, 4.69) is 41.2 Å². The molecule has 0 amide bonds. The van der Waals surface area contributed by atoms with Gasteiger partial charge in [0.2, 0.25) is 10.0 Å². The van der Waals surface area contributed by atoms with Gasteiger partial charge in [-0.2, -0.15) is 4.31 Å². The molecule has 0 spiro atoms. The standard InChI is InChI=1S/C19H36N6O3S.HI/c1-5-20-19(21-9-6-7-10-23(4)17(2)3)24-11-13-25(14-12-24)29(26,27)16-18-8-15-28-22-18;/h8,15,17H,5-7,9-14,16H2,1-4H3,(H,20,21);1H. The summed E-state index contributed by atoms with van der Waals surface area (Å²) in [6.45, 7) is 11.2. The molecule has 1 aromatic heterocycles. The lowest BCUT2D eigenvalue weighted by Gasteiger charge is -2.35. The van der Waals surface area contributed by atoms with Crippen molar-refractivity contribution in [2.24, 2.45) is 4.99 Å². The van der Waals surface area contributed by atoms with Crippen LogP contribution in [0.1, 0.15) is 39.3 Å². The number of sulfonamides is 1. The predicted molar refractivity (Wildman–Crippen MR) is 131 cm³/mol. The highest BCUT2D eigenvalue weighted by Gasteiger charge is 2.28. The number of halogens is 1. The maximum Gasteiger partial charge on any atom is 0.220 e. The third kappa shape index (κ3) is 8.67. The quantitative estimate of drug-likeness (QED) is 0.203. The molecule has 0 aliphatic carbocycles. The minimum atomic E-state index is -3.39. The van der Waals surface area contributed by atoms with Gasteiger partial charge in [-0.05, 0) is 47.2 Å². The number of rotatable bonds is 10. The van der Waals surface area contributed by atoms with Crippen LogP contribution < -0.4 is 5.32 Å². The van der Waals surface area contributed by atoms with Gasteiger partial charge in [0, 0.05) is 51.4 Å². The summed E-state index contributed by atoms with van der Waals surface area (Å²) < 4.78 is 31.4. The first-order valence-electron chi connectivity index (χ1n) is 10.4. The van der Waals surface area contributed by atoms with Gasteiger partial charge in [-0.3, -0.25) is 4.99 Å². The number of aromatic nitrogens is 1. The van der Waals surface area contributed by atoms with Crippen LogP contribution in [0, 0.1) is 0 Å². The molecular formula is C19H37IN6O3S. The summed E-state index contributed by atoms with van der Waals surface area (Å²) in [6, 6.07) is 2.15. The zero-order chi connectivity index (χ0) is 21.3. The topological polar surface area (TPSA) is 94.3 Å². The smallest absolute Gasteiger partial charge is 0.220 e. The van der Waals surface area contributed by atoms with E-state index in [9.17, 15) is 8.42 Å². The van der Waals surface area contributed by atoms with E-state index in [1.807, 2.05) is 6.92 Å². The Hall–Kier alpha value is -0.920. The molecule has 0 aromatic carbocycles. The van der Waals surface area contributed by atoms with Gasteiger partial charge >= 0.3 is 0 Å². The van der Waals surface area contributed by atoms with Gasteiger partial charge in [0.15, 0.2) is 5.96 Å². The highest BCUT2D eigenvalue weighted by Crippen LogP contribution is 2.13. The van der Waals surface area contributed by atoms with Crippen molar-refractivity contribution >= 4 is 40.0 Å². The normalized spacial score (nSPS) is 16.2. The van der Waals surface area contributed by atoms with Gasteiger partial charge in [0.25, 0.3) is 0 Å². The van der Waals surface area contributed by atoms with Crippen molar-refractivity contribution in [3.63, 3.8) is 0 Å². The Morgan fingerprint density at radius 2 is 2.00 bits per heavy atom. The first-order chi connectivity index (χ1) is 13.8. The summed E-state index contributed by atoms with van der Waals surface area (Å²) >= 11 is 0. The highest BCUT2D eigenvalue weighted by molar-refractivity contribution is 14.0. The molecule has 9 nitrogen and oxygen atoms in total. The summed E-state index contributed by atoms with van der Waals surface area (Å²) in [6.07, 6.45) is 3.55. The van der Waals surface area contributed by atoms with Crippen LogP contribution in [0.3, 0.4) is 0 Å². The molecular weight excluding hydrogens is 519 g/mol. The van der Waals surface area contributed by atoms with Crippen molar-refractivity contribution in [3.8, 4) is 0 Å². The number of unbranched alkanes of at least 4 members (excludes halogenated alkanes) is 1. The van der Waals surface area contributed by atoms with E-state index in [-0.39, 0.29) is 29.7 Å². The summed E-state index contributed by atoms with van der Waals surface area (Å²) in [5.74, 6) is 0.751. The molecule has 1 fully saturated rings. The van der Waals surface area contributed by atoms with E-state index in [1.54, 1.807) is 6.07 Å². The Balaban J connectivity index is 0.00000450. The SMILES string of the molecule is CCNC(=NCCCCN(C)C(C)C)N1CCN(S(=O)(=O)Cc2ccon2)CC1.I. The molecule has 2 heterocycles. The van der Waals surface area contributed by atoms with Crippen molar-refractivity contribution in [1.29, 1.82) is 0 Å². The second-order valence-corrected chi connectivity index (χ2v) is 9.62. The maximum atomic E-state index is 12.6. The summed E-state index contributed by atoms with van der Waals surface area (Å²) in [5, 5.41) is 7.04. The van der Waals surface area contributed by atoms with Crippen molar-refractivity contribution in [3.05, 3.63) is 18.0 Å². The number of aliphatic imine (C=N–C) groups is 1. The summed E-state index contributed by atoms with van der Waals surface area (Å²) in [4.78, 5) is 9.24. The van der Waals surface area contributed by atoms with Gasteiger partial charge in [0.05, 0.1) is 5.69 Å². The minimum absolute atomic E-state index is 0. The molecule has 11 heteroatoms. The molecule has 0 bridgehead atoms. The zero-order valence-electron chi connectivity index (χ0n) is 18.6. The van der Waals surface area contributed by atoms with E-state index in [0.717, 1.165) is 38.4 Å². The molecule has 1 N–H and O–H groups in total. The van der Waals surface area contributed by atoms with Crippen molar-refractivity contribution in [2.45, 2.75) is 45.4 Å². The van der Waals surface area contributed by atoms with Crippen LogP contribution in [0.4, 0.5) is 0 Å². The molecule has 0 saturated carbocycles. The monoisotopic (exact) mass is 556 g/mol. The number of nitrogens with one attached hydrogen (secondary N) is 1. The lowest BCUT2D eigenvalue weighted by molar-refractivity contribution is 0.259. The Labute approximate surface area is 198 Å². The van der Waals surface area contributed by atoms with Crippen molar-refractivity contribution in [1.82, 2.24) is 24.6 Å². The Morgan fingerprint density at radius 1 is 1.30 bits per heavy atom. The summed E-state index contributed by atoms with van der Waals surface area (Å²) in [7, 11) is -1.24. The van der Waals surface area contributed by atoms with Crippen LogP contribution in [-0.2, 0) is 15.8 Å². The van der Waals surface area contributed by atoms with E-state index in [0.29, 0.717) is 37.9 Å². The first-order valence-corrected chi connectivity index (χ1v) is 12.0. The van der Waals surface area contributed by atoms with Crippen LogP contribution >= 0.6 is 24.0 Å². The van der Waals surface area contributed by atoms with E-state index >= 15 is 0 Å². The van der Waals surface area contributed by atoms with Gasteiger partial charge in [-0.1, -0.05) is 5.16 Å². The van der Waals surface area contributed by atoms with Crippen LogP contribution in [0.2, 0.25) is 0 Å². The van der Waals surface area contributed by atoms with Crippen LogP contribution in [-0.4, -0.2) is 92.5 Å². The fourth-order valence-corrected chi connectivity index (χ4v) is 4.54. The number of guanidine groups is 1. The second-order valence-electron chi connectivity index (χ2n) is 7.65. The number of hydrogen-bond acceptors (Lipinski definition) is 6. The van der Waals surface area contributed by atoms with Crippen LogP contribution in [0.15, 0.2) is 21.8 Å². The molecule has 1 aromatic rings. The van der Waals surface area contributed by atoms with Crippen molar-refractivity contribution in [2.75, 3.05) is 52.9 Å². The fourth-order valence-electron chi connectivity index (χ4n) is 3.11. The van der Waals surface area contributed by atoms with E-state index in [4.69, 9.17) is 9.52 Å². The average molecular weight is 557 g/mol. The second kappa shape index (κ2) is 13.5. The minimum Gasteiger partial charge on any atom is -0.364 e. The van der Waals surface area contributed by atoms with E-state index in [1.165, 1.54) is 10.6 Å². The molecule has 0 atom stereocenters. The van der Waals surface area contributed by atoms with Gasteiger partial charge in [-0.15, -0.1) is 24.0 Å².